The molecule has 1 aromatic heterocycles. The van der Waals surface area contributed by atoms with Crippen LogP contribution in [0.2, 0.25) is 0 Å². The van der Waals surface area contributed by atoms with E-state index in [-0.39, 0.29) is 17.1 Å². The van der Waals surface area contributed by atoms with Crippen molar-refractivity contribution in [3.05, 3.63) is 63.8 Å². The number of hydrogen-bond donors (Lipinski definition) is 1. The van der Waals surface area contributed by atoms with Crippen LogP contribution in [-0.4, -0.2) is 4.92 Å². The number of nitro groups is 1. The molecule has 0 aliphatic rings. The minimum absolute atomic E-state index is 0.151. The van der Waals surface area contributed by atoms with Gasteiger partial charge in [-0.2, -0.15) is 0 Å². The molecule has 7 heteroatoms. The maximum atomic E-state index is 13.6. The highest BCUT2D eigenvalue weighted by Crippen LogP contribution is 2.25. The summed E-state index contributed by atoms with van der Waals surface area (Å²) in [5.41, 5.74) is 0.0693. The van der Waals surface area contributed by atoms with E-state index in [2.05, 4.69) is 10.3 Å². The van der Waals surface area contributed by atoms with E-state index in [1.54, 1.807) is 6.92 Å². The van der Waals surface area contributed by atoms with Crippen LogP contribution >= 0.6 is 0 Å². The zero-order valence-electron chi connectivity index (χ0n) is 10.6. The predicted molar refractivity (Wildman–Crippen MR) is 68.0 cm³/mol. The Morgan fingerprint density at radius 3 is 2.75 bits per heavy atom. The van der Waals surface area contributed by atoms with Crippen molar-refractivity contribution < 1.29 is 18.7 Å². The van der Waals surface area contributed by atoms with Crippen LogP contribution in [0.1, 0.15) is 18.5 Å². The highest BCUT2D eigenvalue weighted by atomic mass is 19.1. The topological polar surface area (TPSA) is 69.3 Å². The molecule has 1 heterocycles. The maximum absolute atomic E-state index is 13.6. The van der Waals surface area contributed by atoms with Gasteiger partial charge in [-0.25, -0.2) is 13.8 Å². The second-order valence-corrected chi connectivity index (χ2v) is 4.22. The number of aromatic amines is 1. The van der Waals surface area contributed by atoms with Gasteiger partial charge in [-0.05, 0) is 25.1 Å². The van der Waals surface area contributed by atoms with E-state index in [1.165, 1.54) is 24.4 Å². The number of H-pyrrole nitrogens is 1. The SMILES string of the molecule is C[C@@H](Nc1[nH+]cccc1[N+](=O)[O-])c1ccc(F)cc1F. The summed E-state index contributed by atoms with van der Waals surface area (Å²) in [6.07, 6.45) is 1.52. The van der Waals surface area contributed by atoms with Gasteiger partial charge in [0.25, 0.3) is 0 Å². The molecule has 2 aromatic rings. The van der Waals surface area contributed by atoms with Crippen LogP contribution in [0.25, 0.3) is 0 Å². The van der Waals surface area contributed by atoms with Gasteiger partial charge in [0.2, 0.25) is 0 Å². The Morgan fingerprint density at radius 1 is 1.35 bits per heavy atom. The van der Waals surface area contributed by atoms with Gasteiger partial charge in [0.15, 0.2) is 0 Å². The summed E-state index contributed by atoms with van der Waals surface area (Å²) in [7, 11) is 0. The fourth-order valence-electron chi connectivity index (χ4n) is 1.84. The van der Waals surface area contributed by atoms with Crippen molar-refractivity contribution in [1.82, 2.24) is 0 Å². The summed E-state index contributed by atoms with van der Waals surface area (Å²) in [6.45, 7) is 1.63. The fourth-order valence-corrected chi connectivity index (χ4v) is 1.84. The van der Waals surface area contributed by atoms with E-state index in [1.807, 2.05) is 0 Å². The van der Waals surface area contributed by atoms with E-state index in [0.717, 1.165) is 12.1 Å². The lowest BCUT2D eigenvalue weighted by Gasteiger charge is -2.10. The molecule has 0 saturated heterocycles. The number of rotatable bonds is 4. The summed E-state index contributed by atoms with van der Waals surface area (Å²) >= 11 is 0. The van der Waals surface area contributed by atoms with E-state index in [9.17, 15) is 18.9 Å². The Labute approximate surface area is 113 Å². The number of nitrogens with zero attached hydrogens (tertiary/aromatic N) is 1. The molecule has 0 bridgehead atoms. The minimum atomic E-state index is -0.705. The average Bonchev–Trinajstić information content (AvgIpc) is 2.38. The highest BCUT2D eigenvalue weighted by molar-refractivity contribution is 5.52. The summed E-state index contributed by atoms with van der Waals surface area (Å²) in [4.78, 5) is 13.0. The number of halogens is 2. The van der Waals surface area contributed by atoms with Crippen molar-refractivity contribution in [2.75, 3.05) is 5.32 Å². The molecule has 0 radical (unpaired) electrons. The fraction of sp³-hybridized carbons (Fsp3) is 0.154. The second kappa shape index (κ2) is 5.60. The van der Waals surface area contributed by atoms with Crippen molar-refractivity contribution in [3.63, 3.8) is 0 Å². The Kier molecular flexibility index (Phi) is 3.88. The average molecular weight is 280 g/mol. The minimum Gasteiger partial charge on any atom is -0.262 e. The van der Waals surface area contributed by atoms with Gasteiger partial charge in [0, 0.05) is 17.7 Å². The Hall–Kier alpha value is -2.57. The molecule has 20 heavy (non-hydrogen) atoms. The van der Waals surface area contributed by atoms with Crippen LogP contribution < -0.4 is 10.3 Å². The summed E-state index contributed by atoms with van der Waals surface area (Å²) in [5.74, 6) is -1.21. The molecule has 104 valence electrons. The Morgan fingerprint density at radius 2 is 2.10 bits per heavy atom. The number of hydrogen-bond acceptors (Lipinski definition) is 3. The molecule has 5 nitrogen and oxygen atoms in total. The third kappa shape index (κ3) is 2.87. The van der Waals surface area contributed by atoms with Gasteiger partial charge < -0.3 is 0 Å². The highest BCUT2D eigenvalue weighted by Gasteiger charge is 2.24. The summed E-state index contributed by atoms with van der Waals surface area (Å²) < 4.78 is 26.5. The van der Waals surface area contributed by atoms with Crippen LogP contribution in [0.5, 0.6) is 0 Å². The summed E-state index contributed by atoms with van der Waals surface area (Å²) in [6, 6.07) is 5.47. The molecule has 0 spiro atoms. The number of pyridine rings is 1. The number of anilines is 1. The van der Waals surface area contributed by atoms with Crippen molar-refractivity contribution in [2.45, 2.75) is 13.0 Å². The first-order valence-corrected chi connectivity index (χ1v) is 5.85. The van der Waals surface area contributed by atoms with Gasteiger partial charge in [-0.1, -0.05) is 0 Å². The quantitative estimate of drug-likeness (QED) is 0.691. The molecule has 1 aromatic carbocycles. The predicted octanol–water partition coefficient (Wildman–Crippen LogP) is 2.86. The van der Waals surface area contributed by atoms with Crippen molar-refractivity contribution in [1.29, 1.82) is 0 Å². The molecular formula is C13H12F2N3O2+. The number of benzene rings is 1. The van der Waals surface area contributed by atoms with Crippen molar-refractivity contribution in [2.24, 2.45) is 0 Å². The monoisotopic (exact) mass is 280 g/mol. The zero-order chi connectivity index (χ0) is 14.7. The van der Waals surface area contributed by atoms with E-state index >= 15 is 0 Å². The normalized spacial score (nSPS) is 11.9. The first kappa shape index (κ1) is 13.9. The zero-order valence-corrected chi connectivity index (χ0v) is 10.6. The number of aromatic nitrogens is 1. The lowest BCUT2D eigenvalue weighted by atomic mass is 10.1. The smallest absolute Gasteiger partial charge is 0.262 e. The lowest BCUT2D eigenvalue weighted by Crippen LogP contribution is -2.18. The molecule has 2 rings (SSSR count). The van der Waals surface area contributed by atoms with Crippen LogP contribution in [0, 0.1) is 21.7 Å². The largest absolute Gasteiger partial charge is 0.357 e. The third-order valence-electron chi connectivity index (χ3n) is 2.82. The van der Waals surface area contributed by atoms with Gasteiger partial charge in [-0.15, -0.1) is 0 Å². The van der Waals surface area contributed by atoms with Crippen LogP contribution in [0.15, 0.2) is 36.5 Å². The van der Waals surface area contributed by atoms with E-state index in [0.29, 0.717) is 0 Å². The Balaban J connectivity index is 2.28. The van der Waals surface area contributed by atoms with Crippen LogP contribution in [-0.2, 0) is 0 Å². The third-order valence-corrected chi connectivity index (χ3v) is 2.82. The summed E-state index contributed by atoms with van der Waals surface area (Å²) in [5, 5.41) is 13.7. The molecule has 0 aliphatic heterocycles. The molecular weight excluding hydrogens is 268 g/mol. The van der Waals surface area contributed by atoms with Crippen molar-refractivity contribution in [3.8, 4) is 0 Å². The molecule has 0 saturated carbocycles. The standard InChI is InChI=1S/C13H11F2N3O2/c1-8(10-5-4-9(14)7-11(10)15)17-13-12(18(19)20)3-2-6-16-13/h2-8H,1H3,(H,16,17)/p+1/t8-/m1/s1. The maximum Gasteiger partial charge on any atom is 0.357 e. The van der Waals surface area contributed by atoms with Gasteiger partial charge in [-0.3, -0.25) is 15.4 Å². The van der Waals surface area contributed by atoms with Crippen molar-refractivity contribution >= 4 is 11.5 Å². The molecule has 0 unspecified atom stereocenters. The number of nitrogens with one attached hydrogen (secondary N) is 2. The molecule has 0 amide bonds. The van der Waals surface area contributed by atoms with Gasteiger partial charge in [0.1, 0.15) is 17.7 Å². The van der Waals surface area contributed by atoms with Gasteiger partial charge >= 0.3 is 11.5 Å². The first-order valence-electron chi connectivity index (χ1n) is 5.85. The van der Waals surface area contributed by atoms with E-state index in [4.69, 9.17) is 0 Å². The Bertz CT molecular complexity index is 649. The molecule has 0 fully saturated rings. The second-order valence-electron chi connectivity index (χ2n) is 4.22. The van der Waals surface area contributed by atoms with Crippen LogP contribution in [0.3, 0.4) is 0 Å². The van der Waals surface area contributed by atoms with Gasteiger partial charge in [0.05, 0.1) is 11.1 Å². The van der Waals surface area contributed by atoms with Crippen LogP contribution in [0.4, 0.5) is 20.3 Å². The van der Waals surface area contributed by atoms with E-state index < -0.39 is 22.6 Å². The first-order chi connectivity index (χ1) is 9.49. The lowest BCUT2D eigenvalue weighted by molar-refractivity contribution is -0.409. The molecule has 2 N–H and O–H groups in total. The molecule has 1 atom stereocenters. The molecule has 0 aliphatic carbocycles.